The molecule has 0 heterocycles. The molecule has 0 atom stereocenters. The third-order valence-electron chi connectivity index (χ3n) is 2.39. The lowest BCUT2D eigenvalue weighted by atomic mass is 9.89. The van der Waals surface area contributed by atoms with Crippen LogP contribution in [-0.2, 0) is 6.42 Å². The number of fused-ring (bicyclic) bond motifs is 1. The molecule has 2 heteroatoms. The number of ketones is 1. The molecule has 0 spiro atoms. The summed E-state index contributed by atoms with van der Waals surface area (Å²) in [5.41, 5.74) is 2.43. The van der Waals surface area contributed by atoms with Crippen molar-refractivity contribution >= 4 is 5.78 Å². The number of aryl methyl sites for hydroxylation is 1. The van der Waals surface area contributed by atoms with Crippen LogP contribution in [0, 0.1) is 11.3 Å². The summed E-state index contributed by atoms with van der Waals surface area (Å²) in [6.07, 6.45) is 2.53. The van der Waals surface area contributed by atoms with E-state index in [9.17, 15) is 4.79 Å². The molecule has 1 aliphatic rings. The van der Waals surface area contributed by atoms with Gasteiger partial charge < -0.3 is 0 Å². The summed E-state index contributed by atoms with van der Waals surface area (Å²) >= 11 is 0. The van der Waals surface area contributed by atoms with Gasteiger partial charge in [0.2, 0.25) is 0 Å². The molecule has 0 fully saturated rings. The fourth-order valence-corrected chi connectivity index (χ4v) is 1.70. The second kappa shape index (κ2) is 3.02. The summed E-state index contributed by atoms with van der Waals surface area (Å²) in [6.45, 7) is 0. The zero-order valence-electron chi connectivity index (χ0n) is 7.21. The van der Waals surface area contributed by atoms with E-state index in [0.717, 1.165) is 24.0 Å². The standard InChI is InChI=1S/C11H9NO/c12-7-8-4-5-9-2-1-3-11(13)10(9)6-8/h4-6H,1-3H2. The Kier molecular flexibility index (Phi) is 1.86. The van der Waals surface area contributed by atoms with Crippen molar-refractivity contribution in [2.75, 3.05) is 0 Å². The molecule has 0 aliphatic heterocycles. The monoisotopic (exact) mass is 171 g/mol. The average molecular weight is 171 g/mol. The van der Waals surface area contributed by atoms with Gasteiger partial charge in [0.05, 0.1) is 11.6 Å². The zero-order valence-corrected chi connectivity index (χ0v) is 7.21. The molecule has 0 aromatic heterocycles. The zero-order chi connectivity index (χ0) is 9.26. The van der Waals surface area contributed by atoms with Gasteiger partial charge in [-0.2, -0.15) is 5.26 Å². The molecule has 0 amide bonds. The van der Waals surface area contributed by atoms with Crippen LogP contribution in [0.25, 0.3) is 0 Å². The van der Waals surface area contributed by atoms with Crippen molar-refractivity contribution in [3.05, 3.63) is 34.9 Å². The van der Waals surface area contributed by atoms with E-state index in [0.29, 0.717) is 12.0 Å². The van der Waals surface area contributed by atoms with Gasteiger partial charge in [-0.05, 0) is 30.5 Å². The Morgan fingerprint density at radius 3 is 2.92 bits per heavy atom. The molecule has 0 saturated carbocycles. The summed E-state index contributed by atoms with van der Waals surface area (Å²) in [5.74, 6) is 0.179. The number of benzene rings is 1. The van der Waals surface area contributed by atoms with E-state index in [4.69, 9.17) is 5.26 Å². The molecule has 0 saturated heterocycles. The summed E-state index contributed by atoms with van der Waals surface area (Å²) in [4.78, 5) is 11.4. The van der Waals surface area contributed by atoms with Crippen LogP contribution in [0.4, 0.5) is 0 Å². The molecule has 0 unspecified atom stereocenters. The van der Waals surface area contributed by atoms with Gasteiger partial charge in [-0.15, -0.1) is 0 Å². The van der Waals surface area contributed by atoms with Crippen molar-refractivity contribution in [2.45, 2.75) is 19.3 Å². The molecule has 2 nitrogen and oxygen atoms in total. The quantitative estimate of drug-likeness (QED) is 0.599. The van der Waals surface area contributed by atoms with Gasteiger partial charge in [-0.1, -0.05) is 6.07 Å². The predicted octanol–water partition coefficient (Wildman–Crippen LogP) is 2.08. The number of Topliss-reactive ketones (excluding diaryl/α,β-unsaturated/α-hetero) is 1. The Hall–Kier alpha value is -1.62. The maximum atomic E-state index is 11.4. The molecular weight excluding hydrogens is 162 g/mol. The van der Waals surface area contributed by atoms with E-state index < -0.39 is 0 Å². The average Bonchev–Trinajstić information content (AvgIpc) is 2.18. The molecule has 0 bridgehead atoms. The molecule has 64 valence electrons. The first-order chi connectivity index (χ1) is 6.31. The smallest absolute Gasteiger partial charge is 0.163 e. The Balaban J connectivity index is 2.55. The van der Waals surface area contributed by atoms with E-state index >= 15 is 0 Å². The van der Waals surface area contributed by atoms with Crippen LogP contribution < -0.4 is 0 Å². The Morgan fingerprint density at radius 1 is 1.31 bits per heavy atom. The lowest BCUT2D eigenvalue weighted by Crippen LogP contribution is -2.10. The minimum Gasteiger partial charge on any atom is -0.294 e. The summed E-state index contributed by atoms with van der Waals surface area (Å²) in [6, 6.07) is 7.42. The first kappa shape index (κ1) is 8.00. The lowest BCUT2D eigenvalue weighted by molar-refractivity contribution is 0.0972. The highest BCUT2D eigenvalue weighted by molar-refractivity contribution is 5.98. The number of carbonyl (C=O) groups is 1. The number of hydrogen-bond donors (Lipinski definition) is 0. The van der Waals surface area contributed by atoms with Crippen molar-refractivity contribution in [3.8, 4) is 6.07 Å². The van der Waals surface area contributed by atoms with E-state index in [1.165, 1.54) is 0 Å². The lowest BCUT2D eigenvalue weighted by Gasteiger charge is -2.13. The molecule has 0 N–H and O–H groups in total. The topological polar surface area (TPSA) is 40.9 Å². The first-order valence-corrected chi connectivity index (χ1v) is 4.37. The Bertz CT molecular complexity index is 401. The fraction of sp³-hybridized carbons (Fsp3) is 0.273. The van der Waals surface area contributed by atoms with Crippen LogP contribution in [0.3, 0.4) is 0 Å². The summed E-state index contributed by atoms with van der Waals surface area (Å²) in [5, 5.41) is 8.66. The van der Waals surface area contributed by atoms with E-state index in [-0.39, 0.29) is 5.78 Å². The second-order valence-corrected chi connectivity index (χ2v) is 3.26. The van der Waals surface area contributed by atoms with Gasteiger partial charge in [0, 0.05) is 12.0 Å². The van der Waals surface area contributed by atoms with Gasteiger partial charge in [0.1, 0.15) is 0 Å². The Labute approximate surface area is 76.8 Å². The number of nitrogens with zero attached hydrogens (tertiary/aromatic N) is 1. The van der Waals surface area contributed by atoms with Crippen molar-refractivity contribution < 1.29 is 4.79 Å². The molecule has 1 aromatic rings. The van der Waals surface area contributed by atoms with Crippen LogP contribution in [-0.4, -0.2) is 5.78 Å². The number of rotatable bonds is 0. The largest absolute Gasteiger partial charge is 0.294 e. The first-order valence-electron chi connectivity index (χ1n) is 4.37. The number of carbonyl (C=O) groups excluding carboxylic acids is 1. The van der Waals surface area contributed by atoms with Gasteiger partial charge in [-0.25, -0.2) is 0 Å². The van der Waals surface area contributed by atoms with Crippen molar-refractivity contribution in [3.63, 3.8) is 0 Å². The maximum Gasteiger partial charge on any atom is 0.163 e. The normalized spacial score (nSPS) is 14.8. The van der Waals surface area contributed by atoms with E-state index in [2.05, 4.69) is 0 Å². The summed E-state index contributed by atoms with van der Waals surface area (Å²) in [7, 11) is 0. The van der Waals surface area contributed by atoms with Crippen molar-refractivity contribution in [1.82, 2.24) is 0 Å². The van der Waals surface area contributed by atoms with Gasteiger partial charge in [0.15, 0.2) is 5.78 Å². The van der Waals surface area contributed by atoms with Crippen molar-refractivity contribution in [2.24, 2.45) is 0 Å². The maximum absolute atomic E-state index is 11.4. The Morgan fingerprint density at radius 2 is 2.15 bits per heavy atom. The van der Waals surface area contributed by atoms with Crippen LogP contribution in [0.15, 0.2) is 18.2 Å². The van der Waals surface area contributed by atoms with E-state index in [1.54, 1.807) is 12.1 Å². The molecular formula is C11H9NO. The van der Waals surface area contributed by atoms with E-state index in [1.807, 2.05) is 12.1 Å². The molecule has 1 aromatic carbocycles. The number of hydrogen-bond acceptors (Lipinski definition) is 2. The van der Waals surface area contributed by atoms with Gasteiger partial charge in [0.25, 0.3) is 0 Å². The minimum absolute atomic E-state index is 0.179. The second-order valence-electron chi connectivity index (χ2n) is 3.26. The van der Waals surface area contributed by atoms with Gasteiger partial charge >= 0.3 is 0 Å². The third kappa shape index (κ3) is 1.33. The number of nitriles is 1. The minimum atomic E-state index is 0.179. The highest BCUT2D eigenvalue weighted by Gasteiger charge is 2.16. The highest BCUT2D eigenvalue weighted by atomic mass is 16.1. The molecule has 0 radical (unpaired) electrons. The predicted molar refractivity (Wildman–Crippen MR) is 48.4 cm³/mol. The molecule has 13 heavy (non-hydrogen) atoms. The van der Waals surface area contributed by atoms with Crippen LogP contribution >= 0.6 is 0 Å². The SMILES string of the molecule is N#Cc1ccc2c(c1)C(=O)CCC2. The van der Waals surface area contributed by atoms with Gasteiger partial charge in [-0.3, -0.25) is 4.79 Å². The fourth-order valence-electron chi connectivity index (χ4n) is 1.70. The van der Waals surface area contributed by atoms with Crippen molar-refractivity contribution in [1.29, 1.82) is 5.26 Å². The molecule has 2 rings (SSSR count). The molecule has 1 aliphatic carbocycles. The summed E-state index contributed by atoms with van der Waals surface area (Å²) < 4.78 is 0. The highest BCUT2D eigenvalue weighted by Crippen LogP contribution is 2.21. The van der Waals surface area contributed by atoms with Crippen LogP contribution in [0.5, 0.6) is 0 Å². The van der Waals surface area contributed by atoms with Crippen LogP contribution in [0.2, 0.25) is 0 Å². The van der Waals surface area contributed by atoms with Crippen LogP contribution in [0.1, 0.15) is 34.3 Å². The third-order valence-corrected chi connectivity index (χ3v) is 2.39.